The normalized spacial score (nSPS) is 25.1. The van der Waals surface area contributed by atoms with Crippen LogP contribution in [0.2, 0.25) is 0 Å². The summed E-state index contributed by atoms with van der Waals surface area (Å²) in [5.74, 6) is -0.953. The predicted octanol–water partition coefficient (Wildman–Crippen LogP) is 0.716. The first-order valence-corrected chi connectivity index (χ1v) is 5.75. The number of amides is 1. The Bertz CT molecular complexity index is 298. The molecule has 1 fully saturated rings. The fourth-order valence-electron chi connectivity index (χ4n) is 1.76. The number of carboxylic acids is 1. The van der Waals surface area contributed by atoms with Crippen LogP contribution in [0.5, 0.6) is 0 Å². The number of hydrogen-bond donors (Lipinski definition) is 3. The molecular weight excluding hydrogens is 224 g/mol. The fraction of sp³-hybridized carbons (Fsp3) is 0.818. The lowest BCUT2D eigenvalue weighted by molar-refractivity contribution is -0.140. The van der Waals surface area contributed by atoms with Crippen LogP contribution in [0.25, 0.3) is 0 Å². The standard InChI is InChI=1S/C11H20N2O4/c1-11(2,3)17-10(16)13-7-5-4-6-12-8(7)9(14)15/h7-8,12H,4-6H2,1-3H3,(H,13,16)(H,14,15)/t7-,8+/m1/s1. The molecule has 98 valence electrons. The van der Waals surface area contributed by atoms with E-state index in [2.05, 4.69) is 10.6 Å². The van der Waals surface area contributed by atoms with Crippen LogP contribution in [0.1, 0.15) is 33.6 Å². The quantitative estimate of drug-likeness (QED) is 0.666. The van der Waals surface area contributed by atoms with Crippen molar-refractivity contribution < 1.29 is 19.4 Å². The van der Waals surface area contributed by atoms with Crippen LogP contribution in [0.3, 0.4) is 0 Å². The van der Waals surface area contributed by atoms with E-state index in [1.807, 2.05) is 0 Å². The Hall–Kier alpha value is -1.30. The zero-order chi connectivity index (χ0) is 13.1. The molecule has 3 N–H and O–H groups in total. The number of nitrogens with one attached hydrogen (secondary N) is 2. The van der Waals surface area contributed by atoms with E-state index in [9.17, 15) is 9.59 Å². The highest BCUT2D eigenvalue weighted by molar-refractivity contribution is 5.76. The van der Waals surface area contributed by atoms with Crippen molar-refractivity contribution >= 4 is 12.1 Å². The summed E-state index contributed by atoms with van der Waals surface area (Å²) in [6.45, 7) is 5.95. The smallest absolute Gasteiger partial charge is 0.407 e. The van der Waals surface area contributed by atoms with E-state index in [0.717, 1.165) is 6.42 Å². The fourth-order valence-corrected chi connectivity index (χ4v) is 1.76. The molecule has 0 aromatic rings. The van der Waals surface area contributed by atoms with Gasteiger partial charge in [0.2, 0.25) is 0 Å². The molecule has 0 unspecified atom stereocenters. The first-order valence-electron chi connectivity index (χ1n) is 5.75. The van der Waals surface area contributed by atoms with Crippen molar-refractivity contribution in [2.45, 2.75) is 51.3 Å². The van der Waals surface area contributed by atoms with Gasteiger partial charge in [0.25, 0.3) is 0 Å². The highest BCUT2D eigenvalue weighted by atomic mass is 16.6. The number of carbonyl (C=O) groups excluding carboxylic acids is 1. The second-order valence-corrected chi connectivity index (χ2v) is 5.16. The number of aliphatic carboxylic acids is 1. The van der Waals surface area contributed by atoms with Crippen molar-refractivity contribution in [2.24, 2.45) is 0 Å². The van der Waals surface area contributed by atoms with Gasteiger partial charge in [-0.05, 0) is 40.2 Å². The molecule has 1 aliphatic rings. The Morgan fingerprint density at radius 2 is 2.06 bits per heavy atom. The number of carbonyl (C=O) groups is 2. The second-order valence-electron chi connectivity index (χ2n) is 5.16. The summed E-state index contributed by atoms with van der Waals surface area (Å²) in [5.41, 5.74) is -0.578. The molecule has 1 rings (SSSR count). The molecule has 0 bridgehead atoms. The number of rotatable bonds is 2. The highest BCUT2D eigenvalue weighted by Crippen LogP contribution is 2.11. The van der Waals surface area contributed by atoms with Crippen molar-refractivity contribution in [3.05, 3.63) is 0 Å². The molecule has 0 aliphatic carbocycles. The lowest BCUT2D eigenvalue weighted by Crippen LogP contribution is -2.57. The molecule has 2 atom stereocenters. The predicted molar refractivity (Wildman–Crippen MR) is 61.8 cm³/mol. The lowest BCUT2D eigenvalue weighted by Gasteiger charge is -2.31. The number of hydrogen-bond acceptors (Lipinski definition) is 4. The van der Waals surface area contributed by atoms with Crippen molar-refractivity contribution in [3.63, 3.8) is 0 Å². The SMILES string of the molecule is CC(C)(C)OC(=O)N[C@@H]1CCCN[C@@H]1C(=O)O. The number of piperidine rings is 1. The summed E-state index contributed by atoms with van der Waals surface area (Å²) >= 11 is 0. The van der Waals surface area contributed by atoms with E-state index in [0.29, 0.717) is 13.0 Å². The van der Waals surface area contributed by atoms with Crippen molar-refractivity contribution in [2.75, 3.05) is 6.54 Å². The van der Waals surface area contributed by atoms with Crippen LogP contribution in [0, 0.1) is 0 Å². The van der Waals surface area contributed by atoms with Gasteiger partial charge >= 0.3 is 12.1 Å². The van der Waals surface area contributed by atoms with Crippen molar-refractivity contribution in [1.29, 1.82) is 0 Å². The minimum atomic E-state index is -0.953. The van der Waals surface area contributed by atoms with Crippen molar-refractivity contribution in [3.8, 4) is 0 Å². The van der Waals surface area contributed by atoms with E-state index < -0.39 is 29.7 Å². The minimum Gasteiger partial charge on any atom is -0.480 e. The maximum Gasteiger partial charge on any atom is 0.407 e. The van der Waals surface area contributed by atoms with Gasteiger partial charge in [-0.3, -0.25) is 4.79 Å². The molecule has 6 heteroatoms. The minimum absolute atomic E-state index is 0.420. The summed E-state index contributed by atoms with van der Waals surface area (Å²) < 4.78 is 5.10. The maximum atomic E-state index is 11.5. The maximum absolute atomic E-state index is 11.5. The van der Waals surface area contributed by atoms with Crippen LogP contribution in [-0.4, -0.2) is 41.4 Å². The van der Waals surface area contributed by atoms with Gasteiger partial charge in [-0.15, -0.1) is 0 Å². The van der Waals surface area contributed by atoms with Crippen LogP contribution in [0.4, 0.5) is 4.79 Å². The zero-order valence-electron chi connectivity index (χ0n) is 10.4. The summed E-state index contributed by atoms with van der Waals surface area (Å²) in [4.78, 5) is 22.5. The van der Waals surface area contributed by atoms with Gasteiger partial charge < -0.3 is 20.5 Å². The number of carboxylic acid groups (broad SMARTS) is 1. The molecule has 1 heterocycles. The van der Waals surface area contributed by atoms with E-state index >= 15 is 0 Å². The Balaban J connectivity index is 2.53. The summed E-state index contributed by atoms with van der Waals surface area (Å²) in [6.07, 6.45) is 0.908. The monoisotopic (exact) mass is 244 g/mol. The largest absolute Gasteiger partial charge is 0.480 e. The van der Waals surface area contributed by atoms with E-state index in [1.165, 1.54) is 0 Å². The van der Waals surface area contributed by atoms with Gasteiger partial charge in [0.1, 0.15) is 11.6 Å². The summed E-state index contributed by atoms with van der Waals surface area (Å²) in [7, 11) is 0. The van der Waals surface area contributed by atoms with Gasteiger partial charge in [-0.25, -0.2) is 4.79 Å². The van der Waals surface area contributed by atoms with Gasteiger partial charge in [-0.2, -0.15) is 0 Å². The molecule has 17 heavy (non-hydrogen) atoms. The van der Waals surface area contributed by atoms with Gasteiger partial charge in [0, 0.05) is 0 Å². The zero-order valence-corrected chi connectivity index (χ0v) is 10.4. The molecule has 0 aromatic carbocycles. The molecule has 0 spiro atoms. The Morgan fingerprint density at radius 3 is 2.59 bits per heavy atom. The first kappa shape index (κ1) is 13.8. The van der Waals surface area contributed by atoms with Gasteiger partial charge in [0.05, 0.1) is 6.04 Å². The molecule has 6 nitrogen and oxygen atoms in total. The first-order chi connectivity index (χ1) is 7.79. The average molecular weight is 244 g/mol. The Labute approximate surface area is 101 Å². The van der Waals surface area contributed by atoms with Gasteiger partial charge in [0.15, 0.2) is 0 Å². The van der Waals surface area contributed by atoms with Crippen LogP contribution < -0.4 is 10.6 Å². The molecule has 0 aromatic heterocycles. The lowest BCUT2D eigenvalue weighted by atomic mass is 9.99. The third-order valence-corrected chi connectivity index (χ3v) is 2.43. The number of ether oxygens (including phenoxy) is 1. The van der Waals surface area contributed by atoms with E-state index in [4.69, 9.17) is 9.84 Å². The average Bonchev–Trinajstić information content (AvgIpc) is 2.14. The Kier molecular flexibility index (Phi) is 4.34. The molecule has 0 saturated carbocycles. The van der Waals surface area contributed by atoms with E-state index in [-0.39, 0.29) is 0 Å². The van der Waals surface area contributed by atoms with Crippen LogP contribution in [-0.2, 0) is 9.53 Å². The third kappa shape index (κ3) is 4.60. The van der Waals surface area contributed by atoms with E-state index in [1.54, 1.807) is 20.8 Å². The molecule has 1 aliphatic heterocycles. The summed E-state index contributed by atoms with van der Waals surface area (Å²) in [6, 6.07) is -1.16. The second kappa shape index (κ2) is 5.35. The topological polar surface area (TPSA) is 87.7 Å². The molecular formula is C11H20N2O4. The van der Waals surface area contributed by atoms with Crippen molar-refractivity contribution in [1.82, 2.24) is 10.6 Å². The molecule has 1 saturated heterocycles. The third-order valence-electron chi connectivity index (χ3n) is 2.43. The van der Waals surface area contributed by atoms with Crippen LogP contribution in [0.15, 0.2) is 0 Å². The Morgan fingerprint density at radius 1 is 1.41 bits per heavy atom. The highest BCUT2D eigenvalue weighted by Gasteiger charge is 2.32. The summed E-state index contributed by atoms with van der Waals surface area (Å²) in [5, 5.41) is 14.5. The van der Waals surface area contributed by atoms with Gasteiger partial charge in [-0.1, -0.05) is 0 Å². The van der Waals surface area contributed by atoms with Crippen LogP contribution >= 0.6 is 0 Å². The molecule has 1 amide bonds. The molecule has 0 radical (unpaired) electrons. The number of alkyl carbamates (subject to hydrolysis) is 1.